The predicted molar refractivity (Wildman–Crippen MR) is 204 cm³/mol. The van der Waals surface area contributed by atoms with E-state index in [2.05, 4.69) is 127 Å². The van der Waals surface area contributed by atoms with Crippen molar-refractivity contribution in [2.75, 3.05) is 0 Å². The van der Waals surface area contributed by atoms with Crippen LogP contribution in [0.15, 0.2) is 174 Å². The third kappa shape index (κ3) is 4.37. The van der Waals surface area contributed by atoms with Crippen LogP contribution in [0.25, 0.3) is 99.3 Å². The van der Waals surface area contributed by atoms with Crippen LogP contribution >= 0.6 is 0 Å². The number of hydrogen-bond acceptors (Lipinski definition) is 3. The molecule has 10 rings (SSSR count). The Kier molecular flexibility index (Phi) is 6.18. The van der Waals surface area contributed by atoms with Gasteiger partial charge in [-0.1, -0.05) is 158 Å². The summed E-state index contributed by atoms with van der Waals surface area (Å²) in [4.78, 5) is 10.2. The monoisotopic (exact) mass is 624 g/mol. The van der Waals surface area contributed by atoms with E-state index in [0.29, 0.717) is 11.4 Å². The van der Waals surface area contributed by atoms with Gasteiger partial charge in [0.2, 0.25) is 0 Å². The molecule has 0 saturated heterocycles. The van der Waals surface area contributed by atoms with Crippen molar-refractivity contribution in [3.8, 4) is 44.9 Å². The molecule has 0 amide bonds. The van der Waals surface area contributed by atoms with Crippen molar-refractivity contribution in [1.29, 1.82) is 0 Å². The molecule has 2 heterocycles. The van der Waals surface area contributed by atoms with Crippen LogP contribution in [-0.2, 0) is 0 Å². The van der Waals surface area contributed by atoms with Gasteiger partial charge in [0.15, 0.2) is 11.4 Å². The molecule has 0 saturated carbocycles. The second-order valence-electron chi connectivity index (χ2n) is 12.5. The molecule has 3 heteroatoms. The van der Waals surface area contributed by atoms with Crippen molar-refractivity contribution in [3.63, 3.8) is 0 Å². The van der Waals surface area contributed by atoms with Crippen LogP contribution in [0.2, 0.25) is 0 Å². The molecule has 49 heavy (non-hydrogen) atoms. The fourth-order valence-electron chi connectivity index (χ4n) is 7.49. The van der Waals surface area contributed by atoms with Gasteiger partial charge in [0.05, 0.1) is 5.39 Å². The largest absolute Gasteiger partial charge is 0.452 e. The first-order valence-electron chi connectivity index (χ1n) is 16.6. The highest BCUT2D eigenvalue weighted by Gasteiger charge is 2.21. The highest BCUT2D eigenvalue weighted by atomic mass is 16.3. The molecule has 0 atom stereocenters. The van der Waals surface area contributed by atoms with E-state index in [1.807, 2.05) is 42.5 Å². The number of furan rings is 1. The normalized spacial score (nSPS) is 11.7. The number of rotatable bonds is 4. The summed E-state index contributed by atoms with van der Waals surface area (Å²) < 4.78 is 6.63. The first kappa shape index (κ1) is 27.5. The van der Waals surface area contributed by atoms with E-state index in [4.69, 9.17) is 14.4 Å². The average Bonchev–Trinajstić information content (AvgIpc) is 3.57. The zero-order valence-corrected chi connectivity index (χ0v) is 26.5. The van der Waals surface area contributed by atoms with Crippen LogP contribution in [-0.4, -0.2) is 9.97 Å². The van der Waals surface area contributed by atoms with Crippen molar-refractivity contribution in [2.45, 2.75) is 0 Å². The standard InChI is InChI=1S/C46H28N2O/c1-3-14-29(15-4-1)43-45-44(48-46(47-43)30-16-5-2-6-17-30)42-34(25-13-27-40(42)49-45)32-19-11-18-31(28-32)33-24-12-26-39-37-21-8-7-20-35(37)36-22-9-10-23-38(36)41(33)39/h1-28H. The Bertz CT molecular complexity index is 2830. The molecule has 0 fully saturated rings. The molecule has 0 unspecified atom stereocenters. The minimum Gasteiger partial charge on any atom is -0.452 e. The Morgan fingerprint density at radius 2 is 0.857 bits per heavy atom. The van der Waals surface area contributed by atoms with Crippen LogP contribution in [0.1, 0.15) is 0 Å². The van der Waals surface area contributed by atoms with Gasteiger partial charge in [-0.3, -0.25) is 0 Å². The van der Waals surface area contributed by atoms with Gasteiger partial charge in [0.25, 0.3) is 0 Å². The van der Waals surface area contributed by atoms with Gasteiger partial charge >= 0.3 is 0 Å². The molecule has 0 aliphatic heterocycles. The highest BCUT2D eigenvalue weighted by Crippen LogP contribution is 2.43. The minimum absolute atomic E-state index is 0.674. The fraction of sp³-hybridized carbons (Fsp3) is 0. The van der Waals surface area contributed by atoms with Gasteiger partial charge in [0.1, 0.15) is 16.8 Å². The number of fused-ring (bicyclic) bond motifs is 9. The molecule has 3 nitrogen and oxygen atoms in total. The Labute approximate surface area is 282 Å². The van der Waals surface area contributed by atoms with Gasteiger partial charge < -0.3 is 4.42 Å². The summed E-state index contributed by atoms with van der Waals surface area (Å²) in [6, 6.07) is 59.8. The third-order valence-electron chi connectivity index (χ3n) is 9.67. The van der Waals surface area contributed by atoms with Crippen LogP contribution in [0.5, 0.6) is 0 Å². The van der Waals surface area contributed by atoms with Crippen LogP contribution in [0.4, 0.5) is 0 Å². The number of hydrogen-bond donors (Lipinski definition) is 0. The van der Waals surface area contributed by atoms with Crippen molar-refractivity contribution >= 4 is 54.4 Å². The van der Waals surface area contributed by atoms with Gasteiger partial charge in [0, 0.05) is 11.1 Å². The second-order valence-corrected chi connectivity index (χ2v) is 12.5. The first-order chi connectivity index (χ1) is 24.3. The van der Waals surface area contributed by atoms with Crippen molar-refractivity contribution in [1.82, 2.24) is 9.97 Å². The average molecular weight is 625 g/mol. The smallest absolute Gasteiger partial charge is 0.180 e. The van der Waals surface area contributed by atoms with Crippen molar-refractivity contribution < 1.29 is 4.42 Å². The van der Waals surface area contributed by atoms with Crippen molar-refractivity contribution in [2.24, 2.45) is 0 Å². The molecule has 0 bridgehead atoms. The van der Waals surface area contributed by atoms with E-state index < -0.39 is 0 Å². The number of nitrogens with zero attached hydrogens (tertiary/aromatic N) is 2. The Morgan fingerprint density at radius 1 is 0.367 bits per heavy atom. The van der Waals surface area contributed by atoms with E-state index >= 15 is 0 Å². The lowest BCUT2D eigenvalue weighted by Crippen LogP contribution is -1.94. The van der Waals surface area contributed by atoms with Gasteiger partial charge in [-0.15, -0.1) is 0 Å². The first-order valence-corrected chi connectivity index (χ1v) is 16.6. The SMILES string of the molecule is c1ccc(-c2nc(-c3ccccc3)c3oc4cccc(-c5cccc(-c6cccc7c8ccccc8c8ccccc8c67)c5)c4c3n2)cc1. The number of benzene rings is 8. The molecule has 0 radical (unpaired) electrons. The molecule has 10 aromatic rings. The summed E-state index contributed by atoms with van der Waals surface area (Å²) in [6.07, 6.45) is 0. The molecular formula is C46H28N2O. The summed E-state index contributed by atoms with van der Waals surface area (Å²) >= 11 is 0. The Morgan fingerprint density at radius 3 is 1.53 bits per heavy atom. The summed E-state index contributed by atoms with van der Waals surface area (Å²) in [6.45, 7) is 0. The van der Waals surface area contributed by atoms with Gasteiger partial charge in [-0.05, 0) is 66.7 Å². The topological polar surface area (TPSA) is 38.9 Å². The Hall–Kier alpha value is -6.58. The fourth-order valence-corrected chi connectivity index (χ4v) is 7.49. The minimum atomic E-state index is 0.674. The molecule has 0 spiro atoms. The summed E-state index contributed by atoms with van der Waals surface area (Å²) in [5, 5.41) is 8.60. The number of aromatic nitrogens is 2. The lowest BCUT2D eigenvalue weighted by Gasteiger charge is -2.15. The van der Waals surface area contributed by atoms with Gasteiger partial charge in [-0.25, -0.2) is 9.97 Å². The lowest BCUT2D eigenvalue weighted by atomic mass is 9.88. The maximum atomic E-state index is 6.63. The summed E-state index contributed by atoms with van der Waals surface area (Å²) in [5.41, 5.74) is 9.59. The molecule has 2 aromatic heterocycles. The van der Waals surface area contributed by atoms with E-state index in [9.17, 15) is 0 Å². The molecular weight excluding hydrogens is 597 g/mol. The zero-order chi connectivity index (χ0) is 32.3. The quantitative estimate of drug-likeness (QED) is 0.183. The summed E-state index contributed by atoms with van der Waals surface area (Å²) in [7, 11) is 0. The zero-order valence-electron chi connectivity index (χ0n) is 26.5. The Balaban J connectivity index is 1.23. The maximum Gasteiger partial charge on any atom is 0.180 e. The van der Waals surface area contributed by atoms with E-state index in [1.54, 1.807) is 0 Å². The highest BCUT2D eigenvalue weighted by molar-refractivity contribution is 6.28. The molecule has 0 aliphatic carbocycles. The van der Waals surface area contributed by atoms with Crippen LogP contribution < -0.4 is 0 Å². The molecule has 228 valence electrons. The predicted octanol–water partition coefficient (Wildman–Crippen LogP) is 12.5. The summed E-state index contributed by atoms with van der Waals surface area (Å²) in [5.74, 6) is 0.674. The van der Waals surface area contributed by atoms with Crippen molar-refractivity contribution in [3.05, 3.63) is 170 Å². The molecule has 8 aromatic carbocycles. The van der Waals surface area contributed by atoms with E-state index in [0.717, 1.165) is 50.0 Å². The maximum absolute atomic E-state index is 6.63. The van der Waals surface area contributed by atoms with E-state index in [1.165, 1.54) is 37.9 Å². The molecule has 0 N–H and O–H groups in total. The third-order valence-corrected chi connectivity index (χ3v) is 9.67. The lowest BCUT2D eigenvalue weighted by molar-refractivity contribution is 0.667. The van der Waals surface area contributed by atoms with E-state index in [-0.39, 0.29) is 0 Å². The second kappa shape index (κ2) is 11.0. The molecule has 0 aliphatic rings. The van der Waals surface area contributed by atoms with Crippen LogP contribution in [0, 0.1) is 0 Å². The van der Waals surface area contributed by atoms with Crippen LogP contribution in [0.3, 0.4) is 0 Å². The van der Waals surface area contributed by atoms with Gasteiger partial charge in [-0.2, -0.15) is 0 Å².